The molecule has 4 nitrogen and oxygen atoms in total. The van der Waals surface area contributed by atoms with Gasteiger partial charge in [0.15, 0.2) is 0 Å². The summed E-state index contributed by atoms with van der Waals surface area (Å²) in [4.78, 5) is 10.0. The van der Waals surface area contributed by atoms with E-state index in [0.29, 0.717) is 0 Å². The van der Waals surface area contributed by atoms with E-state index in [1.165, 1.54) is 101 Å². The molecule has 0 N–H and O–H groups in total. The minimum absolute atomic E-state index is 0.250. The Bertz CT molecular complexity index is 3330. The number of rotatable bonds is 4. The number of para-hydroxylation sites is 6. The van der Waals surface area contributed by atoms with Crippen LogP contribution in [0.15, 0.2) is 206 Å². The standard InChI is InChI=1S/C66H58N4/c1-63(2)47-27-15-19-31-55(47)67(43-23-11-9-12-24-43)59-39-53-61(41-51(59)63)69(57-33-21-17-29-49(57)65(53,5)6)45-35-37-46(38-36-45)70-58-34-22-18-30-50(58)66(7,8)54-40-60-52(42-62(54)70)64(3,4)48-28-16-20-32-56(48)68(60)44-25-13-10-14-26-44/h9-42H,1-8H3. The quantitative estimate of drug-likeness (QED) is 0.174. The maximum Gasteiger partial charge on any atom is 0.0507 e. The van der Waals surface area contributed by atoms with Gasteiger partial charge in [0.05, 0.1) is 45.5 Å². The van der Waals surface area contributed by atoms with Crippen molar-refractivity contribution in [2.45, 2.75) is 77.0 Å². The van der Waals surface area contributed by atoms with Gasteiger partial charge >= 0.3 is 0 Å². The molecule has 0 atom stereocenters. The van der Waals surface area contributed by atoms with Crippen LogP contribution in [0.2, 0.25) is 0 Å². The summed E-state index contributed by atoms with van der Waals surface area (Å²) in [7, 11) is 0. The van der Waals surface area contributed by atoms with Crippen molar-refractivity contribution in [2.24, 2.45) is 0 Å². The molecule has 13 rings (SSSR count). The third kappa shape index (κ3) is 5.83. The van der Waals surface area contributed by atoms with Crippen LogP contribution in [0.4, 0.5) is 68.2 Å². The summed E-state index contributed by atoms with van der Waals surface area (Å²) in [5.74, 6) is 0. The highest BCUT2D eigenvalue weighted by Crippen LogP contribution is 2.61. The number of nitrogens with zero attached hydrogens (tertiary/aromatic N) is 4. The Balaban J connectivity index is 0.990. The molecule has 0 amide bonds. The number of anilines is 12. The van der Waals surface area contributed by atoms with Gasteiger partial charge in [-0.25, -0.2) is 0 Å². The van der Waals surface area contributed by atoms with Crippen LogP contribution in [0.5, 0.6) is 0 Å². The van der Waals surface area contributed by atoms with Crippen molar-refractivity contribution in [1.29, 1.82) is 0 Å². The van der Waals surface area contributed by atoms with Crippen molar-refractivity contribution >= 4 is 68.2 Å². The van der Waals surface area contributed by atoms with Crippen molar-refractivity contribution in [3.05, 3.63) is 251 Å². The second kappa shape index (κ2) is 14.8. The molecule has 0 aliphatic carbocycles. The van der Waals surface area contributed by atoms with Crippen molar-refractivity contribution in [3.63, 3.8) is 0 Å². The van der Waals surface area contributed by atoms with Gasteiger partial charge in [0.2, 0.25) is 0 Å². The van der Waals surface area contributed by atoms with Crippen LogP contribution < -0.4 is 19.6 Å². The van der Waals surface area contributed by atoms with Crippen LogP contribution in [0, 0.1) is 0 Å². The molecule has 0 saturated heterocycles. The highest BCUT2D eigenvalue weighted by atomic mass is 15.2. The van der Waals surface area contributed by atoms with Gasteiger partial charge in [-0.2, -0.15) is 0 Å². The molecule has 4 aliphatic heterocycles. The maximum atomic E-state index is 2.53. The predicted molar refractivity (Wildman–Crippen MR) is 294 cm³/mol. The molecule has 9 aromatic carbocycles. The van der Waals surface area contributed by atoms with Gasteiger partial charge in [0.25, 0.3) is 0 Å². The van der Waals surface area contributed by atoms with Crippen molar-refractivity contribution < 1.29 is 0 Å². The molecule has 70 heavy (non-hydrogen) atoms. The summed E-state index contributed by atoms with van der Waals surface area (Å²) in [5.41, 5.74) is 23.9. The first-order chi connectivity index (χ1) is 33.8. The molecule has 342 valence electrons. The van der Waals surface area contributed by atoms with E-state index in [9.17, 15) is 0 Å². The fourth-order valence-electron chi connectivity index (χ4n) is 12.8. The minimum atomic E-state index is -0.265. The average molecular weight is 907 g/mol. The van der Waals surface area contributed by atoms with Crippen LogP contribution in [0.1, 0.15) is 99.9 Å². The first-order valence-corrected chi connectivity index (χ1v) is 24.9. The van der Waals surface area contributed by atoms with Gasteiger partial charge in [-0.15, -0.1) is 0 Å². The smallest absolute Gasteiger partial charge is 0.0507 e. The Hall–Kier alpha value is -7.82. The third-order valence-corrected chi connectivity index (χ3v) is 16.6. The summed E-state index contributed by atoms with van der Waals surface area (Å²) in [6.45, 7) is 19.2. The Morgan fingerprint density at radius 3 is 0.643 bits per heavy atom. The van der Waals surface area contributed by atoms with E-state index >= 15 is 0 Å². The normalized spacial score (nSPS) is 16.9. The first-order valence-electron chi connectivity index (χ1n) is 24.9. The highest BCUT2D eigenvalue weighted by Gasteiger charge is 2.45. The summed E-state index contributed by atoms with van der Waals surface area (Å²) < 4.78 is 0. The van der Waals surface area contributed by atoms with Crippen molar-refractivity contribution in [3.8, 4) is 0 Å². The fourth-order valence-corrected chi connectivity index (χ4v) is 12.8. The van der Waals surface area contributed by atoms with Crippen LogP contribution in [-0.4, -0.2) is 0 Å². The Morgan fingerprint density at radius 2 is 0.400 bits per heavy atom. The lowest BCUT2D eigenvalue weighted by atomic mass is 9.69. The molecule has 0 saturated carbocycles. The summed E-state index contributed by atoms with van der Waals surface area (Å²) >= 11 is 0. The lowest BCUT2D eigenvalue weighted by Crippen LogP contribution is -2.35. The monoisotopic (exact) mass is 906 g/mol. The van der Waals surface area contributed by atoms with E-state index in [-0.39, 0.29) is 21.7 Å². The van der Waals surface area contributed by atoms with Crippen LogP contribution in [0.3, 0.4) is 0 Å². The van der Waals surface area contributed by atoms with E-state index < -0.39 is 0 Å². The number of fused-ring (bicyclic) bond motifs is 8. The van der Waals surface area contributed by atoms with E-state index in [2.05, 4.69) is 281 Å². The lowest BCUT2D eigenvalue weighted by Gasteiger charge is -2.47. The van der Waals surface area contributed by atoms with Gasteiger partial charge in [-0.1, -0.05) is 165 Å². The maximum absolute atomic E-state index is 2.53. The number of benzene rings is 9. The molecular weight excluding hydrogens is 849 g/mol. The zero-order valence-corrected chi connectivity index (χ0v) is 41.4. The van der Waals surface area contributed by atoms with Gasteiger partial charge in [-0.05, 0) is 142 Å². The number of hydrogen-bond acceptors (Lipinski definition) is 4. The van der Waals surface area contributed by atoms with E-state index in [1.807, 2.05) is 0 Å². The predicted octanol–water partition coefficient (Wildman–Crippen LogP) is 18.1. The van der Waals surface area contributed by atoms with Crippen LogP contribution in [0.25, 0.3) is 0 Å². The summed E-state index contributed by atoms with van der Waals surface area (Å²) in [6, 6.07) is 77.2. The molecular formula is C66H58N4. The molecule has 0 fully saturated rings. The molecule has 4 heterocycles. The molecule has 4 heteroatoms. The third-order valence-electron chi connectivity index (χ3n) is 16.6. The average Bonchev–Trinajstić information content (AvgIpc) is 3.37. The first kappa shape index (κ1) is 42.3. The van der Waals surface area contributed by atoms with Gasteiger partial charge in [-0.3, -0.25) is 0 Å². The topological polar surface area (TPSA) is 13.0 Å². The molecule has 0 unspecified atom stereocenters. The Kier molecular flexibility index (Phi) is 8.97. The van der Waals surface area contributed by atoms with Gasteiger partial charge in [0.1, 0.15) is 0 Å². The minimum Gasteiger partial charge on any atom is -0.310 e. The van der Waals surface area contributed by atoms with E-state index in [1.54, 1.807) is 0 Å². The molecule has 0 aromatic heterocycles. The van der Waals surface area contributed by atoms with Gasteiger partial charge in [0, 0.05) is 44.4 Å². The van der Waals surface area contributed by atoms with Crippen molar-refractivity contribution in [2.75, 3.05) is 19.6 Å². The molecule has 4 aliphatic rings. The zero-order valence-electron chi connectivity index (χ0n) is 41.4. The molecule has 0 spiro atoms. The fraction of sp³-hybridized carbons (Fsp3) is 0.182. The lowest BCUT2D eigenvalue weighted by molar-refractivity contribution is 0.615. The molecule has 0 bridgehead atoms. The Morgan fingerprint density at radius 1 is 0.200 bits per heavy atom. The second-order valence-corrected chi connectivity index (χ2v) is 21.9. The van der Waals surface area contributed by atoms with Gasteiger partial charge < -0.3 is 19.6 Å². The number of hydrogen-bond donors (Lipinski definition) is 0. The Labute approximate surface area is 413 Å². The van der Waals surface area contributed by atoms with Crippen molar-refractivity contribution in [1.82, 2.24) is 0 Å². The van der Waals surface area contributed by atoms with E-state index in [0.717, 1.165) is 11.4 Å². The van der Waals surface area contributed by atoms with Crippen LogP contribution in [-0.2, 0) is 21.7 Å². The largest absolute Gasteiger partial charge is 0.310 e. The summed E-state index contributed by atoms with van der Waals surface area (Å²) in [6.07, 6.45) is 0. The van der Waals surface area contributed by atoms with E-state index in [4.69, 9.17) is 0 Å². The van der Waals surface area contributed by atoms with Crippen LogP contribution >= 0.6 is 0 Å². The highest BCUT2D eigenvalue weighted by molar-refractivity contribution is 5.96. The second-order valence-electron chi connectivity index (χ2n) is 21.9. The zero-order chi connectivity index (χ0) is 47.9. The summed E-state index contributed by atoms with van der Waals surface area (Å²) in [5, 5.41) is 0. The molecule has 9 aromatic rings. The SMILES string of the molecule is CC1(C)c2ccccc2N(c2ccccc2)c2cc3c(cc21)N(c1ccc(N2c4ccccc4C(C)(C)c4cc5c(cc42)C(C)(C)c2ccccc2N5c2ccccc2)cc1)c1ccccc1C3(C)C. The molecule has 0 radical (unpaired) electrons.